The number of hydrogen-bond acceptors (Lipinski definition) is 4. The molecule has 1 aromatic rings. The van der Waals surface area contributed by atoms with Crippen LogP contribution in [0.1, 0.15) is 6.92 Å². The molecule has 0 aromatic heterocycles. The molecule has 7 heteroatoms. The van der Waals surface area contributed by atoms with Gasteiger partial charge in [-0.15, -0.1) is 0 Å². The monoisotopic (exact) mass is 277 g/mol. The zero-order chi connectivity index (χ0) is 13.2. The van der Waals surface area contributed by atoms with Gasteiger partial charge in [0.2, 0.25) is 5.91 Å². The minimum atomic E-state index is -3.44. The van der Waals surface area contributed by atoms with E-state index in [-0.39, 0.29) is 16.5 Å². The largest absolute Gasteiger partial charge is 0.506 e. The number of benzene rings is 1. The molecule has 94 valence electrons. The van der Waals surface area contributed by atoms with Crippen LogP contribution in [0.25, 0.3) is 0 Å². The van der Waals surface area contributed by atoms with Crippen molar-refractivity contribution in [2.45, 2.75) is 12.2 Å². The zero-order valence-electron chi connectivity index (χ0n) is 9.27. The van der Waals surface area contributed by atoms with E-state index < -0.39 is 21.0 Å². The van der Waals surface area contributed by atoms with E-state index in [0.717, 1.165) is 6.26 Å². The van der Waals surface area contributed by atoms with Gasteiger partial charge in [0.15, 0.2) is 9.84 Å². The molecule has 1 unspecified atom stereocenters. The van der Waals surface area contributed by atoms with Gasteiger partial charge in [-0.05, 0) is 19.1 Å². The number of sulfone groups is 1. The SMILES string of the molecule is CC(C(=O)Nc1ccc(Cl)c(O)c1)S(C)(=O)=O. The summed E-state index contributed by atoms with van der Waals surface area (Å²) in [5, 5.41) is 10.7. The lowest BCUT2D eigenvalue weighted by molar-refractivity contribution is -0.115. The number of phenols is 1. The van der Waals surface area contributed by atoms with Gasteiger partial charge < -0.3 is 10.4 Å². The summed E-state index contributed by atoms with van der Waals surface area (Å²) in [7, 11) is -3.44. The number of carbonyl (C=O) groups excluding carboxylic acids is 1. The molecule has 0 aliphatic heterocycles. The molecule has 0 aliphatic carbocycles. The summed E-state index contributed by atoms with van der Waals surface area (Å²) >= 11 is 5.59. The summed E-state index contributed by atoms with van der Waals surface area (Å²) in [6.45, 7) is 1.29. The van der Waals surface area contributed by atoms with Gasteiger partial charge in [-0.25, -0.2) is 8.42 Å². The van der Waals surface area contributed by atoms with Crippen LogP contribution in [0.4, 0.5) is 5.69 Å². The number of aromatic hydroxyl groups is 1. The van der Waals surface area contributed by atoms with Gasteiger partial charge in [0.1, 0.15) is 11.0 Å². The Labute approximate surface area is 104 Å². The fraction of sp³-hybridized carbons (Fsp3) is 0.300. The summed E-state index contributed by atoms with van der Waals surface area (Å²) < 4.78 is 22.3. The first-order chi connectivity index (χ1) is 7.71. The second-order valence-electron chi connectivity index (χ2n) is 3.63. The second kappa shape index (κ2) is 4.93. The average Bonchev–Trinajstić information content (AvgIpc) is 2.21. The van der Waals surface area contributed by atoms with Gasteiger partial charge in [-0.3, -0.25) is 4.79 Å². The Bertz CT molecular complexity index is 541. The number of halogens is 1. The van der Waals surface area contributed by atoms with Gasteiger partial charge in [-0.1, -0.05) is 11.6 Å². The van der Waals surface area contributed by atoms with Gasteiger partial charge in [-0.2, -0.15) is 0 Å². The third-order valence-corrected chi connectivity index (χ3v) is 4.04. The minimum absolute atomic E-state index is 0.152. The number of nitrogens with one attached hydrogen (secondary N) is 1. The molecule has 0 radical (unpaired) electrons. The standard InChI is InChI=1S/C10H12ClNO4S/c1-6(17(2,15)16)10(14)12-7-3-4-8(11)9(13)5-7/h3-6,13H,1-2H3,(H,12,14). The lowest BCUT2D eigenvalue weighted by Gasteiger charge is -2.10. The van der Waals surface area contributed by atoms with Crippen molar-refractivity contribution >= 4 is 33.0 Å². The molecule has 2 N–H and O–H groups in total. The predicted molar refractivity (Wildman–Crippen MR) is 66.1 cm³/mol. The van der Waals surface area contributed by atoms with Crippen molar-refractivity contribution in [2.75, 3.05) is 11.6 Å². The first kappa shape index (κ1) is 13.8. The van der Waals surface area contributed by atoms with E-state index in [4.69, 9.17) is 11.6 Å². The maximum atomic E-state index is 11.6. The first-order valence-corrected chi connectivity index (χ1v) is 7.03. The second-order valence-corrected chi connectivity index (χ2v) is 6.40. The van der Waals surface area contributed by atoms with Crippen LogP contribution in [0.15, 0.2) is 18.2 Å². The number of anilines is 1. The Morgan fingerprint density at radius 1 is 1.47 bits per heavy atom. The molecule has 0 heterocycles. The highest BCUT2D eigenvalue weighted by atomic mass is 35.5. The van der Waals surface area contributed by atoms with Crippen molar-refractivity contribution in [2.24, 2.45) is 0 Å². The molecule has 0 aliphatic rings. The Morgan fingerprint density at radius 2 is 2.06 bits per heavy atom. The predicted octanol–water partition coefficient (Wildman–Crippen LogP) is 1.42. The number of hydrogen-bond donors (Lipinski definition) is 2. The lowest BCUT2D eigenvalue weighted by atomic mass is 10.3. The van der Waals surface area contributed by atoms with Gasteiger partial charge >= 0.3 is 0 Å². The number of phenolic OH excluding ortho intramolecular Hbond substituents is 1. The number of carbonyl (C=O) groups is 1. The van der Waals surface area contributed by atoms with Gasteiger partial charge in [0.25, 0.3) is 0 Å². The van der Waals surface area contributed by atoms with Crippen molar-refractivity contribution in [1.82, 2.24) is 0 Å². The molecule has 1 aromatic carbocycles. The van der Waals surface area contributed by atoms with E-state index in [1.54, 1.807) is 0 Å². The molecule has 0 bridgehead atoms. The van der Waals surface area contributed by atoms with E-state index in [1.165, 1.54) is 25.1 Å². The van der Waals surface area contributed by atoms with Crippen LogP contribution in [0.3, 0.4) is 0 Å². The fourth-order valence-corrected chi connectivity index (χ4v) is 1.59. The quantitative estimate of drug-likeness (QED) is 0.875. The Kier molecular flexibility index (Phi) is 4.00. The maximum absolute atomic E-state index is 11.6. The van der Waals surface area contributed by atoms with Crippen LogP contribution in [-0.2, 0) is 14.6 Å². The highest BCUT2D eigenvalue weighted by molar-refractivity contribution is 7.92. The molecule has 1 atom stereocenters. The van der Waals surface area contributed by atoms with Crippen LogP contribution in [0, 0.1) is 0 Å². The average molecular weight is 278 g/mol. The third-order valence-electron chi connectivity index (χ3n) is 2.23. The van der Waals surface area contributed by atoms with Gasteiger partial charge in [0, 0.05) is 18.0 Å². The molecular formula is C10H12ClNO4S. The molecule has 5 nitrogen and oxygen atoms in total. The van der Waals surface area contributed by atoms with E-state index >= 15 is 0 Å². The molecule has 17 heavy (non-hydrogen) atoms. The molecule has 1 amide bonds. The summed E-state index contributed by atoms with van der Waals surface area (Å²) in [5.74, 6) is -0.842. The molecule has 0 fully saturated rings. The maximum Gasteiger partial charge on any atom is 0.242 e. The highest BCUT2D eigenvalue weighted by Crippen LogP contribution is 2.26. The van der Waals surface area contributed by atoms with Crippen LogP contribution >= 0.6 is 11.6 Å². The van der Waals surface area contributed by atoms with Crippen LogP contribution in [0.5, 0.6) is 5.75 Å². The highest BCUT2D eigenvalue weighted by Gasteiger charge is 2.23. The zero-order valence-corrected chi connectivity index (χ0v) is 10.8. The van der Waals surface area contributed by atoms with E-state index in [2.05, 4.69) is 5.32 Å². The number of rotatable bonds is 3. The topological polar surface area (TPSA) is 83.5 Å². The fourth-order valence-electron chi connectivity index (χ4n) is 1.03. The molecule has 0 saturated heterocycles. The Hall–Kier alpha value is -1.27. The smallest absolute Gasteiger partial charge is 0.242 e. The Morgan fingerprint density at radius 3 is 2.53 bits per heavy atom. The van der Waals surface area contributed by atoms with Gasteiger partial charge in [0.05, 0.1) is 5.02 Å². The molecule has 1 rings (SSSR count). The Balaban J connectivity index is 2.85. The first-order valence-electron chi connectivity index (χ1n) is 4.70. The molecular weight excluding hydrogens is 266 g/mol. The normalized spacial score (nSPS) is 13.1. The summed E-state index contributed by atoms with van der Waals surface area (Å²) in [5.41, 5.74) is 0.285. The van der Waals surface area contributed by atoms with Crippen molar-refractivity contribution in [3.05, 3.63) is 23.2 Å². The summed E-state index contributed by atoms with van der Waals surface area (Å²) in [6.07, 6.45) is 0.983. The van der Waals surface area contributed by atoms with E-state index in [1.807, 2.05) is 0 Å². The van der Waals surface area contributed by atoms with Crippen LogP contribution in [-0.4, -0.2) is 30.9 Å². The van der Waals surface area contributed by atoms with Crippen LogP contribution in [0.2, 0.25) is 5.02 Å². The summed E-state index contributed by atoms with van der Waals surface area (Å²) in [4.78, 5) is 11.6. The number of amides is 1. The lowest BCUT2D eigenvalue weighted by Crippen LogP contribution is -2.31. The van der Waals surface area contributed by atoms with Crippen molar-refractivity contribution in [3.63, 3.8) is 0 Å². The van der Waals surface area contributed by atoms with Crippen LogP contribution < -0.4 is 5.32 Å². The van der Waals surface area contributed by atoms with Crippen molar-refractivity contribution in [1.29, 1.82) is 0 Å². The molecule has 0 spiro atoms. The van der Waals surface area contributed by atoms with E-state index in [0.29, 0.717) is 0 Å². The van der Waals surface area contributed by atoms with Crippen molar-refractivity contribution in [3.8, 4) is 5.75 Å². The minimum Gasteiger partial charge on any atom is -0.506 e. The molecule has 0 saturated carbocycles. The van der Waals surface area contributed by atoms with E-state index in [9.17, 15) is 18.3 Å². The third kappa shape index (κ3) is 3.61. The van der Waals surface area contributed by atoms with Crippen molar-refractivity contribution < 1.29 is 18.3 Å². The summed E-state index contributed by atoms with van der Waals surface area (Å²) in [6, 6.07) is 4.11.